The molecule has 0 spiro atoms. The molecule has 2 rings (SSSR count). The molecule has 2 saturated heterocycles. The maximum absolute atomic E-state index is 11.6. The molecule has 0 aromatic rings. The van der Waals surface area contributed by atoms with Gasteiger partial charge in [-0.05, 0) is 13.5 Å². The molecule has 2 heterocycles. The van der Waals surface area contributed by atoms with Gasteiger partial charge in [-0.1, -0.05) is 0 Å². The Morgan fingerprint density at radius 2 is 1.94 bits per heavy atom. The molecule has 0 radical (unpaired) electrons. The van der Waals surface area contributed by atoms with Gasteiger partial charge in [0.2, 0.25) is 0 Å². The number of nitrogens with one attached hydrogen (secondary N) is 1. The zero-order valence-corrected chi connectivity index (χ0v) is 11.2. The summed E-state index contributed by atoms with van der Waals surface area (Å²) in [6.45, 7) is 4.20. The standard InChI is InChI=1S/C10H22N4O2S/c1-13-3-5-14(6-4-13)12-10(8-11)2-7-17(15,16)9-10/h12H,2-9,11H2,1H3. The molecule has 0 amide bonds. The normalized spacial score (nSPS) is 35.2. The van der Waals surface area contributed by atoms with E-state index in [1.54, 1.807) is 0 Å². The number of likely N-dealkylation sites (N-methyl/N-ethyl adjacent to an activating group) is 1. The summed E-state index contributed by atoms with van der Waals surface area (Å²) in [5.41, 5.74) is 8.69. The van der Waals surface area contributed by atoms with Gasteiger partial charge in [0, 0.05) is 32.7 Å². The summed E-state index contributed by atoms with van der Waals surface area (Å²) in [7, 11) is -0.814. The minimum Gasteiger partial charge on any atom is -0.329 e. The lowest BCUT2D eigenvalue weighted by Crippen LogP contribution is -2.62. The van der Waals surface area contributed by atoms with Crippen LogP contribution in [-0.4, -0.2) is 75.1 Å². The van der Waals surface area contributed by atoms with Crippen molar-refractivity contribution in [1.82, 2.24) is 15.3 Å². The summed E-state index contributed by atoms with van der Waals surface area (Å²) in [4.78, 5) is 2.26. The second-order valence-corrected chi connectivity index (χ2v) is 7.41. The number of rotatable bonds is 3. The van der Waals surface area contributed by atoms with Crippen LogP contribution in [0.3, 0.4) is 0 Å². The van der Waals surface area contributed by atoms with Gasteiger partial charge in [0.25, 0.3) is 0 Å². The summed E-state index contributed by atoms with van der Waals surface area (Å²) in [5.74, 6) is 0.424. The minimum atomic E-state index is -2.91. The number of nitrogens with zero attached hydrogens (tertiary/aromatic N) is 2. The predicted molar refractivity (Wildman–Crippen MR) is 67.3 cm³/mol. The number of sulfone groups is 1. The van der Waals surface area contributed by atoms with E-state index in [9.17, 15) is 8.42 Å². The number of hydrogen-bond donors (Lipinski definition) is 2. The van der Waals surface area contributed by atoms with E-state index in [1.807, 2.05) is 0 Å². The predicted octanol–water partition coefficient (Wildman–Crippen LogP) is -1.75. The summed E-state index contributed by atoms with van der Waals surface area (Å²) < 4.78 is 23.2. The van der Waals surface area contributed by atoms with Gasteiger partial charge in [-0.25, -0.2) is 18.9 Å². The molecule has 0 bridgehead atoms. The largest absolute Gasteiger partial charge is 0.329 e. The van der Waals surface area contributed by atoms with E-state index in [1.165, 1.54) is 0 Å². The molecule has 2 fully saturated rings. The minimum absolute atomic E-state index is 0.169. The van der Waals surface area contributed by atoms with Crippen molar-refractivity contribution in [1.29, 1.82) is 0 Å². The zero-order chi connectivity index (χ0) is 12.5. The van der Waals surface area contributed by atoms with Crippen molar-refractivity contribution in [3.05, 3.63) is 0 Å². The zero-order valence-electron chi connectivity index (χ0n) is 10.4. The highest BCUT2D eigenvalue weighted by Crippen LogP contribution is 2.23. The molecule has 1 atom stereocenters. The first-order valence-electron chi connectivity index (χ1n) is 6.07. The van der Waals surface area contributed by atoms with Crippen LogP contribution < -0.4 is 11.2 Å². The van der Waals surface area contributed by atoms with Crippen LogP contribution in [0.2, 0.25) is 0 Å². The Bertz CT molecular complexity index is 365. The van der Waals surface area contributed by atoms with E-state index in [0.29, 0.717) is 13.0 Å². The molecule has 6 nitrogen and oxygen atoms in total. The van der Waals surface area contributed by atoms with Crippen molar-refractivity contribution < 1.29 is 8.42 Å². The summed E-state index contributed by atoms with van der Waals surface area (Å²) in [6.07, 6.45) is 0.623. The van der Waals surface area contributed by atoms with Crippen molar-refractivity contribution in [2.45, 2.75) is 12.0 Å². The molecule has 3 N–H and O–H groups in total. The van der Waals surface area contributed by atoms with E-state index in [0.717, 1.165) is 26.2 Å². The van der Waals surface area contributed by atoms with Crippen LogP contribution in [0.25, 0.3) is 0 Å². The monoisotopic (exact) mass is 262 g/mol. The number of piperazine rings is 1. The maximum atomic E-state index is 11.6. The lowest BCUT2D eigenvalue weighted by molar-refractivity contribution is 0.0628. The van der Waals surface area contributed by atoms with E-state index in [2.05, 4.69) is 22.4 Å². The fraction of sp³-hybridized carbons (Fsp3) is 1.00. The Balaban J connectivity index is 1.96. The smallest absolute Gasteiger partial charge is 0.152 e. The average Bonchev–Trinajstić information content (AvgIpc) is 2.59. The molecule has 1 unspecified atom stereocenters. The molecule has 0 aromatic heterocycles. The van der Waals surface area contributed by atoms with Gasteiger partial charge in [0.05, 0.1) is 17.0 Å². The number of hydrazine groups is 1. The molecule has 0 aliphatic carbocycles. The van der Waals surface area contributed by atoms with E-state index in [-0.39, 0.29) is 11.5 Å². The van der Waals surface area contributed by atoms with Gasteiger partial charge in [-0.2, -0.15) is 0 Å². The maximum Gasteiger partial charge on any atom is 0.152 e. The number of nitrogens with two attached hydrogens (primary N) is 1. The highest BCUT2D eigenvalue weighted by Gasteiger charge is 2.42. The Morgan fingerprint density at radius 1 is 1.29 bits per heavy atom. The second-order valence-electron chi connectivity index (χ2n) is 5.23. The van der Waals surface area contributed by atoms with Crippen molar-refractivity contribution in [2.24, 2.45) is 5.73 Å². The summed E-state index contributed by atoms with van der Waals surface area (Å²) in [5, 5.41) is 2.12. The van der Waals surface area contributed by atoms with Gasteiger partial charge in [0.1, 0.15) is 0 Å². The van der Waals surface area contributed by atoms with Crippen LogP contribution in [0.4, 0.5) is 0 Å². The Hall–Kier alpha value is -0.210. The van der Waals surface area contributed by atoms with Crippen molar-refractivity contribution in [3.8, 4) is 0 Å². The topological polar surface area (TPSA) is 78.7 Å². The van der Waals surface area contributed by atoms with Crippen LogP contribution in [-0.2, 0) is 9.84 Å². The quantitative estimate of drug-likeness (QED) is 0.628. The lowest BCUT2D eigenvalue weighted by Gasteiger charge is -2.39. The average molecular weight is 262 g/mol. The molecule has 7 heteroatoms. The fourth-order valence-corrected chi connectivity index (χ4v) is 4.48. The molecule has 100 valence electrons. The van der Waals surface area contributed by atoms with Crippen LogP contribution >= 0.6 is 0 Å². The third kappa shape index (κ3) is 3.17. The summed E-state index contributed by atoms with van der Waals surface area (Å²) in [6, 6.07) is 0. The third-order valence-electron chi connectivity index (χ3n) is 3.68. The van der Waals surface area contributed by atoms with Crippen molar-refractivity contribution >= 4 is 9.84 Å². The molecular formula is C10H22N4O2S. The van der Waals surface area contributed by atoms with Crippen LogP contribution in [0, 0.1) is 0 Å². The van der Waals surface area contributed by atoms with Crippen molar-refractivity contribution in [2.75, 3.05) is 51.3 Å². The Labute approximate surface area is 103 Å². The van der Waals surface area contributed by atoms with E-state index in [4.69, 9.17) is 5.73 Å². The molecule has 2 aliphatic rings. The SMILES string of the molecule is CN1CCN(NC2(CN)CCS(=O)(=O)C2)CC1. The third-order valence-corrected chi connectivity index (χ3v) is 5.50. The first-order valence-corrected chi connectivity index (χ1v) is 7.89. The van der Waals surface area contributed by atoms with Crippen LogP contribution in [0.15, 0.2) is 0 Å². The first kappa shape index (κ1) is 13.2. The Morgan fingerprint density at radius 3 is 2.41 bits per heavy atom. The molecule has 2 aliphatic heterocycles. The van der Waals surface area contributed by atoms with Gasteiger partial charge >= 0.3 is 0 Å². The lowest BCUT2D eigenvalue weighted by atomic mass is 10.0. The summed E-state index contributed by atoms with van der Waals surface area (Å²) >= 11 is 0. The molecular weight excluding hydrogens is 240 g/mol. The van der Waals surface area contributed by atoms with E-state index >= 15 is 0 Å². The Kier molecular flexibility index (Phi) is 3.74. The second kappa shape index (κ2) is 4.81. The van der Waals surface area contributed by atoms with Gasteiger partial charge in [0.15, 0.2) is 9.84 Å². The fourth-order valence-electron chi connectivity index (χ4n) is 2.46. The van der Waals surface area contributed by atoms with Crippen molar-refractivity contribution in [3.63, 3.8) is 0 Å². The van der Waals surface area contributed by atoms with E-state index < -0.39 is 15.4 Å². The van der Waals surface area contributed by atoms with Gasteiger partial charge < -0.3 is 10.6 Å². The molecule has 0 aromatic carbocycles. The van der Waals surface area contributed by atoms with Crippen LogP contribution in [0.1, 0.15) is 6.42 Å². The van der Waals surface area contributed by atoms with Gasteiger partial charge in [-0.15, -0.1) is 0 Å². The molecule has 17 heavy (non-hydrogen) atoms. The first-order chi connectivity index (χ1) is 7.95. The highest BCUT2D eigenvalue weighted by atomic mass is 32.2. The van der Waals surface area contributed by atoms with Gasteiger partial charge in [-0.3, -0.25) is 0 Å². The number of hydrogen-bond acceptors (Lipinski definition) is 6. The molecule has 0 saturated carbocycles. The van der Waals surface area contributed by atoms with Crippen LogP contribution in [0.5, 0.6) is 0 Å². The highest BCUT2D eigenvalue weighted by molar-refractivity contribution is 7.91.